The summed E-state index contributed by atoms with van der Waals surface area (Å²) in [6.45, 7) is 4.13. The fraction of sp³-hybridized carbons (Fsp3) is 0.440. The van der Waals surface area contributed by atoms with Gasteiger partial charge in [-0.1, -0.05) is 24.3 Å². The molecule has 2 aliphatic heterocycles. The zero-order valence-corrected chi connectivity index (χ0v) is 18.5. The van der Waals surface area contributed by atoms with Crippen LogP contribution in [0.15, 0.2) is 42.5 Å². The van der Waals surface area contributed by atoms with Gasteiger partial charge in [0.2, 0.25) is 0 Å². The lowest BCUT2D eigenvalue weighted by atomic mass is 9.96. The maximum Gasteiger partial charge on any atom is 0.254 e. The van der Waals surface area contributed by atoms with Crippen LogP contribution in [0.1, 0.15) is 37.4 Å². The number of nitrogens with zero attached hydrogens (tertiary/aromatic N) is 2. The van der Waals surface area contributed by atoms with Crippen LogP contribution in [0.5, 0.6) is 0 Å². The number of hydrogen-bond donors (Lipinski definition) is 2. The first kappa shape index (κ1) is 22.5. The summed E-state index contributed by atoms with van der Waals surface area (Å²) in [7, 11) is 1.62. The van der Waals surface area contributed by atoms with Crippen LogP contribution in [0.2, 0.25) is 0 Å². The summed E-state index contributed by atoms with van der Waals surface area (Å²) in [6, 6.07) is 13.6. The maximum absolute atomic E-state index is 12.6. The lowest BCUT2D eigenvalue weighted by Gasteiger charge is -2.30. The van der Waals surface area contributed by atoms with Gasteiger partial charge in [0.1, 0.15) is 0 Å². The van der Waals surface area contributed by atoms with Crippen LogP contribution in [0, 0.1) is 0 Å². The van der Waals surface area contributed by atoms with Gasteiger partial charge in [-0.15, -0.1) is 0 Å². The Hall–Kier alpha value is -2.74. The summed E-state index contributed by atoms with van der Waals surface area (Å²) in [5.41, 5.74) is 4.73. The van der Waals surface area contributed by atoms with E-state index in [1.807, 2.05) is 6.07 Å². The first-order valence-electron chi connectivity index (χ1n) is 11.2. The van der Waals surface area contributed by atoms with E-state index < -0.39 is 6.10 Å². The van der Waals surface area contributed by atoms with E-state index >= 15 is 0 Å². The van der Waals surface area contributed by atoms with Crippen molar-refractivity contribution in [1.82, 2.24) is 15.1 Å². The molecule has 2 aromatic rings. The number of hydrogen-bond acceptors (Lipinski definition) is 5. The van der Waals surface area contributed by atoms with E-state index in [-0.39, 0.29) is 18.4 Å². The standard InChI is InChI=1S/C25H31N3O4/c1-32-13-12-28-11-9-19-14-20(6-7-23(19)25(28)31)24(30)26-15-22(29)17-27-10-8-18-4-2-3-5-21(18)16-27/h2-7,14,22,29H,8-13,15-17H2,1H3,(H,26,30)/t22-/m0/s1. The zero-order valence-electron chi connectivity index (χ0n) is 18.5. The van der Waals surface area contributed by atoms with Crippen LogP contribution in [0.3, 0.4) is 0 Å². The molecule has 2 amide bonds. The molecule has 0 saturated heterocycles. The molecule has 170 valence electrons. The molecule has 7 nitrogen and oxygen atoms in total. The Kier molecular flexibility index (Phi) is 7.19. The molecule has 2 heterocycles. The first-order chi connectivity index (χ1) is 15.5. The van der Waals surface area contributed by atoms with E-state index in [0.29, 0.717) is 43.8 Å². The van der Waals surface area contributed by atoms with Crippen LogP contribution in [0.4, 0.5) is 0 Å². The Labute approximate surface area is 189 Å². The van der Waals surface area contributed by atoms with Gasteiger partial charge in [0, 0.05) is 57.5 Å². The largest absolute Gasteiger partial charge is 0.390 e. The van der Waals surface area contributed by atoms with Gasteiger partial charge >= 0.3 is 0 Å². The van der Waals surface area contributed by atoms with Crippen LogP contribution >= 0.6 is 0 Å². The SMILES string of the molecule is COCCN1CCc2cc(C(=O)NC[C@H](O)CN3CCc4ccccc4C3)ccc2C1=O. The predicted octanol–water partition coefficient (Wildman–Crippen LogP) is 1.48. The number of nitrogens with one attached hydrogen (secondary N) is 1. The molecule has 0 fully saturated rings. The third kappa shape index (κ3) is 5.18. The molecule has 2 aliphatic rings. The third-order valence-corrected chi connectivity index (χ3v) is 6.28. The second-order valence-electron chi connectivity index (χ2n) is 8.52. The average molecular weight is 438 g/mol. The van der Waals surface area contributed by atoms with Crippen molar-refractivity contribution < 1.29 is 19.4 Å². The van der Waals surface area contributed by atoms with Gasteiger partial charge in [-0.2, -0.15) is 0 Å². The minimum atomic E-state index is -0.641. The van der Waals surface area contributed by atoms with Crippen molar-refractivity contribution in [3.63, 3.8) is 0 Å². The Balaban J connectivity index is 1.29. The van der Waals surface area contributed by atoms with Gasteiger partial charge in [-0.25, -0.2) is 0 Å². The number of aliphatic hydroxyl groups excluding tert-OH is 1. The minimum absolute atomic E-state index is 0.0196. The second kappa shape index (κ2) is 10.3. The number of amides is 2. The highest BCUT2D eigenvalue weighted by atomic mass is 16.5. The summed E-state index contributed by atoms with van der Waals surface area (Å²) in [5, 5.41) is 13.3. The van der Waals surface area contributed by atoms with Crippen molar-refractivity contribution in [1.29, 1.82) is 0 Å². The number of benzene rings is 2. The summed E-state index contributed by atoms with van der Waals surface area (Å²) < 4.78 is 5.07. The first-order valence-corrected chi connectivity index (χ1v) is 11.2. The number of β-amino-alcohol motifs (C(OH)–C–C–N with tert-alkyl or cyclic N) is 1. The van der Waals surface area contributed by atoms with E-state index in [1.54, 1.807) is 30.2 Å². The smallest absolute Gasteiger partial charge is 0.254 e. The predicted molar refractivity (Wildman–Crippen MR) is 122 cm³/mol. The summed E-state index contributed by atoms with van der Waals surface area (Å²) in [6.07, 6.45) is 1.05. The second-order valence-corrected chi connectivity index (χ2v) is 8.52. The van der Waals surface area contributed by atoms with Crippen LogP contribution in [0.25, 0.3) is 0 Å². The fourth-order valence-electron chi connectivity index (χ4n) is 4.48. The summed E-state index contributed by atoms with van der Waals surface area (Å²) >= 11 is 0. The summed E-state index contributed by atoms with van der Waals surface area (Å²) in [4.78, 5) is 29.2. The molecule has 0 radical (unpaired) electrons. The molecule has 0 bridgehead atoms. The number of aliphatic hydroxyl groups is 1. The van der Waals surface area contributed by atoms with Crippen LogP contribution in [-0.4, -0.2) is 79.3 Å². The summed E-state index contributed by atoms with van der Waals surface area (Å²) in [5.74, 6) is -0.251. The lowest BCUT2D eigenvalue weighted by Crippen LogP contribution is -2.42. The highest BCUT2D eigenvalue weighted by Crippen LogP contribution is 2.21. The average Bonchev–Trinajstić information content (AvgIpc) is 2.82. The molecule has 0 spiro atoms. The van der Waals surface area contributed by atoms with E-state index in [1.165, 1.54) is 11.1 Å². The van der Waals surface area contributed by atoms with Crippen molar-refractivity contribution >= 4 is 11.8 Å². The number of fused-ring (bicyclic) bond motifs is 2. The molecule has 0 aliphatic carbocycles. The fourth-order valence-corrected chi connectivity index (χ4v) is 4.48. The Bertz CT molecular complexity index is 977. The van der Waals surface area contributed by atoms with Gasteiger partial charge in [-0.05, 0) is 47.7 Å². The van der Waals surface area contributed by atoms with Crippen LogP contribution in [-0.2, 0) is 24.1 Å². The molecule has 0 saturated carbocycles. The molecule has 2 N–H and O–H groups in total. The molecule has 0 unspecified atom stereocenters. The van der Waals surface area contributed by atoms with Crippen molar-refractivity contribution in [2.75, 3.05) is 46.4 Å². The normalized spacial score (nSPS) is 16.9. The maximum atomic E-state index is 12.6. The molecular weight excluding hydrogens is 406 g/mol. The number of carbonyl (C=O) groups is 2. The number of rotatable bonds is 8. The highest BCUT2D eigenvalue weighted by molar-refractivity contribution is 5.99. The van der Waals surface area contributed by atoms with Crippen molar-refractivity contribution in [2.45, 2.75) is 25.5 Å². The zero-order chi connectivity index (χ0) is 22.5. The molecule has 2 aromatic carbocycles. The Morgan fingerprint density at radius 1 is 1.12 bits per heavy atom. The van der Waals surface area contributed by atoms with Crippen molar-refractivity contribution in [3.8, 4) is 0 Å². The van der Waals surface area contributed by atoms with Crippen LogP contribution < -0.4 is 5.32 Å². The van der Waals surface area contributed by atoms with E-state index in [9.17, 15) is 14.7 Å². The van der Waals surface area contributed by atoms with E-state index in [2.05, 4.69) is 28.4 Å². The third-order valence-electron chi connectivity index (χ3n) is 6.28. The monoisotopic (exact) mass is 437 g/mol. The molecule has 7 heteroatoms. The van der Waals surface area contributed by atoms with Gasteiger partial charge in [0.05, 0.1) is 12.7 Å². The number of methoxy groups -OCH3 is 1. The quantitative estimate of drug-likeness (QED) is 0.654. The van der Waals surface area contributed by atoms with Crippen molar-refractivity contribution in [2.24, 2.45) is 0 Å². The van der Waals surface area contributed by atoms with Gasteiger partial charge < -0.3 is 20.1 Å². The van der Waals surface area contributed by atoms with Crippen molar-refractivity contribution in [3.05, 3.63) is 70.3 Å². The van der Waals surface area contributed by atoms with E-state index in [4.69, 9.17) is 4.74 Å². The van der Waals surface area contributed by atoms with E-state index in [0.717, 1.165) is 25.1 Å². The Morgan fingerprint density at radius 3 is 2.72 bits per heavy atom. The molecule has 4 rings (SSSR count). The number of carbonyl (C=O) groups excluding carboxylic acids is 2. The molecular formula is C25H31N3O4. The van der Waals surface area contributed by atoms with Gasteiger partial charge in [0.25, 0.3) is 11.8 Å². The Morgan fingerprint density at radius 2 is 1.91 bits per heavy atom. The number of ether oxygens (including phenoxy) is 1. The topological polar surface area (TPSA) is 82.1 Å². The highest BCUT2D eigenvalue weighted by Gasteiger charge is 2.25. The molecule has 32 heavy (non-hydrogen) atoms. The molecule has 1 atom stereocenters. The molecule has 0 aromatic heterocycles. The van der Waals surface area contributed by atoms with Gasteiger partial charge in [-0.3, -0.25) is 14.5 Å². The minimum Gasteiger partial charge on any atom is -0.390 e. The lowest BCUT2D eigenvalue weighted by molar-refractivity contribution is 0.0678. The van der Waals surface area contributed by atoms with Gasteiger partial charge in [0.15, 0.2) is 0 Å².